The van der Waals surface area contributed by atoms with Gasteiger partial charge in [0.05, 0.1) is 6.26 Å². The Bertz CT molecular complexity index is 357. The summed E-state index contributed by atoms with van der Waals surface area (Å²) in [4.78, 5) is 0. The zero-order chi connectivity index (χ0) is 11.3. The van der Waals surface area contributed by atoms with Gasteiger partial charge in [0, 0.05) is 6.54 Å². The molecule has 0 radical (unpaired) electrons. The van der Waals surface area contributed by atoms with E-state index in [0.29, 0.717) is 6.54 Å². The lowest BCUT2D eigenvalue weighted by Crippen LogP contribution is -2.43. The SMILES string of the molecule is Cc1occc1CCNC(=N)NC(=N)N. The molecule has 0 fully saturated rings. The van der Waals surface area contributed by atoms with E-state index in [0.717, 1.165) is 17.7 Å². The molecule has 82 valence electrons. The van der Waals surface area contributed by atoms with Crippen LogP contribution in [0.4, 0.5) is 0 Å². The Hall–Kier alpha value is -1.98. The van der Waals surface area contributed by atoms with E-state index in [4.69, 9.17) is 21.0 Å². The van der Waals surface area contributed by atoms with Crippen LogP contribution < -0.4 is 16.4 Å². The third-order valence-corrected chi connectivity index (χ3v) is 1.92. The van der Waals surface area contributed by atoms with Gasteiger partial charge >= 0.3 is 0 Å². The van der Waals surface area contributed by atoms with Crippen molar-refractivity contribution in [1.82, 2.24) is 10.6 Å². The third kappa shape index (κ3) is 3.72. The monoisotopic (exact) mass is 209 g/mol. The molecule has 0 saturated heterocycles. The molecule has 0 atom stereocenters. The number of hydrogen-bond donors (Lipinski definition) is 5. The number of nitrogens with two attached hydrogens (primary N) is 1. The first-order valence-electron chi connectivity index (χ1n) is 4.56. The number of furan rings is 1. The minimum Gasteiger partial charge on any atom is -0.469 e. The van der Waals surface area contributed by atoms with Gasteiger partial charge in [0.2, 0.25) is 0 Å². The predicted octanol–water partition coefficient (Wildman–Crippen LogP) is 0.138. The lowest BCUT2D eigenvalue weighted by Gasteiger charge is -2.07. The first-order valence-corrected chi connectivity index (χ1v) is 4.56. The van der Waals surface area contributed by atoms with Crippen LogP contribution in [-0.4, -0.2) is 18.5 Å². The van der Waals surface area contributed by atoms with Crippen LogP contribution in [0.25, 0.3) is 0 Å². The minimum atomic E-state index is -0.244. The highest BCUT2D eigenvalue weighted by molar-refractivity contribution is 5.94. The molecule has 1 aromatic rings. The molecular weight excluding hydrogens is 194 g/mol. The molecule has 0 aliphatic rings. The van der Waals surface area contributed by atoms with Crippen molar-refractivity contribution in [3.63, 3.8) is 0 Å². The maximum Gasteiger partial charge on any atom is 0.195 e. The number of rotatable bonds is 3. The standard InChI is InChI=1S/C9H15N5O/c1-6-7(3-5-15-6)2-4-13-9(12)14-8(10)11/h3,5H,2,4H2,1H3,(H6,10,11,12,13,14). The fourth-order valence-electron chi connectivity index (χ4n) is 1.17. The van der Waals surface area contributed by atoms with Crippen molar-refractivity contribution in [1.29, 1.82) is 10.8 Å². The van der Waals surface area contributed by atoms with Crippen molar-refractivity contribution in [3.8, 4) is 0 Å². The second kappa shape index (κ2) is 5.04. The maximum absolute atomic E-state index is 7.34. The van der Waals surface area contributed by atoms with Crippen molar-refractivity contribution < 1.29 is 4.42 Å². The van der Waals surface area contributed by atoms with E-state index in [2.05, 4.69) is 10.6 Å². The summed E-state index contributed by atoms with van der Waals surface area (Å²) >= 11 is 0. The van der Waals surface area contributed by atoms with Crippen LogP contribution in [0.1, 0.15) is 11.3 Å². The lowest BCUT2D eigenvalue weighted by molar-refractivity contribution is 0.529. The molecular formula is C9H15N5O. The van der Waals surface area contributed by atoms with Gasteiger partial charge in [0.1, 0.15) is 5.76 Å². The Morgan fingerprint density at radius 3 is 2.80 bits per heavy atom. The Morgan fingerprint density at radius 2 is 2.27 bits per heavy atom. The average Bonchev–Trinajstić information content (AvgIpc) is 2.50. The number of hydrogen-bond acceptors (Lipinski definition) is 3. The van der Waals surface area contributed by atoms with Crippen molar-refractivity contribution in [2.75, 3.05) is 6.54 Å². The second-order valence-electron chi connectivity index (χ2n) is 3.09. The molecule has 15 heavy (non-hydrogen) atoms. The fraction of sp³-hybridized carbons (Fsp3) is 0.333. The second-order valence-corrected chi connectivity index (χ2v) is 3.09. The van der Waals surface area contributed by atoms with Crippen molar-refractivity contribution in [2.45, 2.75) is 13.3 Å². The molecule has 6 N–H and O–H groups in total. The molecule has 6 nitrogen and oxygen atoms in total. The molecule has 0 aliphatic carbocycles. The zero-order valence-electron chi connectivity index (χ0n) is 8.55. The first-order chi connectivity index (χ1) is 7.09. The predicted molar refractivity (Wildman–Crippen MR) is 57.9 cm³/mol. The van der Waals surface area contributed by atoms with E-state index < -0.39 is 0 Å². The smallest absolute Gasteiger partial charge is 0.195 e. The largest absolute Gasteiger partial charge is 0.469 e. The van der Waals surface area contributed by atoms with Gasteiger partial charge in [-0.2, -0.15) is 0 Å². The van der Waals surface area contributed by atoms with Gasteiger partial charge in [-0.15, -0.1) is 0 Å². The summed E-state index contributed by atoms with van der Waals surface area (Å²) in [5.41, 5.74) is 6.17. The Balaban J connectivity index is 2.25. The first kappa shape index (κ1) is 11.1. The average molecular weight is 209 g/mol. The molecule has 6 heteroatoms. The molecule has 0 bridgehead atoms. The maximum atomic E-state index is 7.34. The van der Waals surface area contributed by atoms with Crippen LogP contribution in [0.15, 0.2) is 16.7 Å². The van der Waals surface area contributed by atoms with Crippen LogP contribution >= 0.6 is 0 Å². The molecule has 0 unspecified atom stereocenters. The van der Waals surface area contributed by atoms with Crippen LogP contribution in [-0.2, 0) is 6.42 Å². The minimum absolute atomic E-state index is 0.0312. The van der Waals surface area contributed by atoms with E-state index in [-0.39, 0.29) is 11.9 Å². The van der Waals surface area contributed by atoms with Crippen molar-refractivity contribution in [3.05, 3.63) is 23.7 Å². The van der Waals surface area contributed by atoms with Gasteiger partial charge in [0.25, 0.3) is 0 Å². The highest BCUT2D eigenvalue weighted by Crippen LogP contribution is 2.08. The topological polar surface area (TPSA) is 111 Å². The van der Waals surface area contributed by atoms with E-state index in [1.165, 1.54) is 0 Å². The van der Waals surface area contributed by atoms with Crippen molar-refractivity contribution in [2.24, 2.45) is 5.73 Å². The fourth-order valence-corrected chi connectivity index (χ4v) is 1.17. The highest BCUT2D eigenvalue weighted by Gasteiger charge is 2.01. The summed E-state index contributed by atoms with van der Waals surface area (Å²) in [5, 5.41) is 19.4. The molecule has 0 aliphatic heterocycles. The quantitative estimate of drug-likeness (QED) is 0.360. The summed E-state index contributed by atoms with van der Waals surface area (Å²) < 4.78 is 5.14. The molecule has 0 spiro atoms. The van der Waals surface area contributed by atoms with Gasteiger partial charge in [-0.3, -0.25) is 16.1 Å². The molecule has 0 amide bonds. The van der Waals surface area contributed by atoms with E-state index in [9.17, 15) is 0 Å². The molecule has 1 aromatic heterocycles. The Kier molecular flexibility index (Phi) is 3.73. The van der Waals surface area contributed by atoms with Crippen LogP contribution in [0, 0.1) is 17.7 Å². The summed E-state index contributed by atoms with van der Waals surface area (Å²) in [7, 11) is 0. The summed E-state index contributed by atoms with van der Waals surface area (Å²) in [6, 6.07) is 1.90. The van der Waals surface area contributed by atoms with E-state index in [1.54, 1.807) is 6.26 Å². The van der Waals surface area contributed by atoms with Crippen molar-refractivity contribution >= 4 is 11.9 Å². The summed E-state index contributed by atoms with van der Waals surface area (Å²) in [6.45, 7) is 2.49. The number of guanidine groups is 2. The molecule has 1 rings (SSSR count). The van der Waals surface area contributed by atoms with Crippen LogP contribution in [0.5, 0.6) is 0 Å². The Morgan fingerprint density at radius 1 is 1.53 bits per heavy atom. The van der Waals surface area contributed by atoms with E-state index >= 15 is 0 Å². The van der Waals surface area contributed by atoms with Gasteiger partial charge in [-0.25, -0.2) is 0 Å². The van der Waals surface area contributed by atoms with Crippen LogP contribution in [0.3, 0.4) is 0 Å². The lowest BCUT2D eigenvalue weighted by atomic mass is 10.2. The van der Waals surface area contributed by atoms with Gasteiger partial charge in [-0.05, 0) is 25.0 Å². The molecule has 0 saturated carbocycles. The number of nitrogens with one attached hydrogen (secondary N) is 4. The Labute approximate surface area is 87.9 Å². The molecule has 1 heterocycles. The normalized spacial score (nSPS) is 9.67. The van der Waals surface area contributed by atoms with E-state index in [1.807, 2.05) is 13.0 Å². The van der Waals surface area contributed by atoms with Crippen LogP contribution in [0.2, 0.25) is 0 Å². The van der Waals surface area contributed by atoms with Gasteiger partial charge in [0.15, 0.2) is 11.9 Å². The zero-order valence-corrected chi connectivity index (χ0v) is 8.55. The van der Waals surface area contributed by atoms with Gasteiger partial charge in [-0.1, -0.05) is 0 Å². The number of aryl methyl sites for hydroxylation is 1. The highest BCUT2D eigenvalue weighted by atomic mass is 16.3. The van der Waals surface area contributed by atoms with Gasteiger partial charge < -0.3 is 15.5 Å². The summed E-state index contributed by atoms with van der Waals surface area (Å²) in [6.07, 6.45) is 2.41. The third-order valence-electron chi connectivity index (χ3n) is 1.92. The molecule has 0 aromatic carbocycles. The summed E-state index contributed by atoms with van der Waals surface area (Å²) in [5.74, 6) is 0.679.